The van der Waals surface area contributed by atoms with Gasteiger partial charge < -0.3 is 102 Å². The molecule has 0 spiro atoms. The second-order valence-corrected chi connectivity index (χ2v) is 24.5. The number of fused-ring (bicyclic) bond motifs is 2. The van der Waals surface area contributed by atoms with Crippen molar-refractivity contribution in [3.63, 3.8) is 0 Å². The lowest BCUT2D eigenvalue weighted by Crippen LogP contribution is -2.49. The van der Waals surface area contributed by atoms with Crippen LogP contribution < -0.4 is 73.4 Å². The monoisotopic (exact) mass is 1350 g/mol. The van der Waals surface area contributed by atoms with Gasteiger partial charge >= 0.3 is 39.1 Å². The van der Waals surface area contributed by atoms with Crippen LogP contribution >= 0.6 is 31.3 Å². The lowest BCUT2D eigenvalue weighted by Gasteiger charge is -2.23. The molecule has 6 heterocycles. The molecule has 90 heavy (non-hydrogen) atoms. The molecule has 2 saturated heterocycles. The lowest BCUT2D eigenvalue weighted by atomic mass is 10.1. The summed E-state index contributed by atoms with van der Waals surface area (Å²) in [5, 5.41) is 37.9. The van der Waals surface area contributed by atoms with E-state index in [2.05, 4.69) is 69.5 Å². The molecule has 12 atom stereocenters. The molecule has 0 aliphatic carbocycles. The fraction of sp³-hybridized carbons (Fsp3) is 0.409. The van der Waals surface area contributed by atoms with Crippen molar-refractivity contribution in [1.29, 1.82) is 0 Å². The molecule has 0 bridgehead atoms. The number of carbonyl (C=O) groups excluding carboxylic acids is 4. The molecule has 8 rings (SSSR count). The van der Waals surface area contributed by atoms with Crippen molar-refractivity contribution >= 4 is 101 Å². The van der Waals surface area contributed by atoms with Crippen molar-refractivity contribution < 1.29 is 123 Å². The van der Waals surface area contributed by atoms with Crippen molar-refractivity contribution in [1.82, 2.24) is 50.3 Å². The van der Waals surface area contributed by atoms with E-state index in [0.29, 0.717) is 22.5 Å². The van der Waals surface area contributed by atoms with Gasteiger partial charge in [-0.1, -0.05) is 34.2 Å². The zero-order chi connectivity index (χ0) is 66.2. The number of aliphatic hydroxyl groups is 2. The van der Waals surface area contributed by atoms with Crippen LogP contribution in [0.3, 0.4) is 0 Å². The van der Waals surface area contributed by atoms with Crippen LogP contribution in [0.4, 0.5) is 32.9 Å². The summed E-state index contributed by atoms with van der Waals surface area (Å²) >= 11 is 0. The first-order valence-electron chi connectivity index (χ1n) is 25.8. The summed E-state index contributed by atoms with van der Waals surface area (Å²) in [5.41, 5.74) is 12.0. The van der Waals surface area contributed by atoms with Gasteiger partial charge in [0.15, 0.2) is 31.0 Å². The molecule has 0 radical (unpaired) electrons. The van der Waals surface area contributed by atoms with Crippen LogP contribution in [0.2, 0.25) is 0 Å². The van der Waals surface area contributed by atoms with Crippen molar-refractivity contribution in [3.05, 3.63) is 93.0 Å². The smallest absolute Gasteiger partial charge is 0.478 e. The van der Waals surface area contributed by atoms with Crippen molar-refractivity contribution in [2.24, 2.45) is 14.1 Å². The number of H-pyrrole nitrogens is 2. The standard InChI is InChI=1S/2C22H30N8O13P2/c1-24-12-6-4-3-5-11(12)18(32)25-7-8-26-22(34)42-16-13(9-40-45(38,39)43-44(35,36)37)41-20(15(16)31)30-10-29(2)14-17(30)27-21(23)28-19(14)33;1-24-12-6-4-3-5-11(12)18(32)25-7-8-26-22(34)42-16-15(31)13(9-40-45(38,39)43-44(35,36)37)41-20(16)30-10-29(2)14-17(30)27-21(23)28-19(14)33/h2*3-6,10,13,15-16,20,31H,7-9H2,1-2H3,(H8-,23,24,25,26,27,28,32,33,34,35,36,37,38,39)/t2*13-,15-,16-,20-/m11/s1. The molecule has 2 aromatic carbocycles. The molecule has 4 amide bonds. The van der Waals surface area contributed by atoms with Gasteiger partial charge in [-0.3, -0.25) is 56.5 Å². The van der Waals surface area contributed by atoms with Gasteiger partial charge in [-0.25, -0.2) is 36.5 Å². The number of ether oxygens (including phenoxy) is 4. The fourth-order valence-electron chi connectivity index (χ4n) is 8.99. The number of imidazole rings is 2. The van der Waals surface area contributed by atoms with E-state index in [0.717, 1.165) is 0 Å². The van der Waals surface area contributed by atoms with Gasteiger partial charge in [-0.2, -0.15) is 0 Å². The first-order chi connectivity index (χ1) is 42.2. The second kappa shape index (κ2) is 29.0. The SMILES string of the molecule is CNc1ccccc1C(=O)NCCNC(=O)O[C@@H]1[C@H](O)[C@@H](COP(=O)(O)OP(=O)([O-])O)O[C@H]1[n+]1cn(C)c2c(=O)[nH]c(N)nc21.CNc1ccccc1C(=O)NCCNC(=O)O[C@H]1[C@@H](O)[C@H]([n+]2cn(C)c3c(=O)[nH]c(N)nc32)O[C@@H]1COP(=O)(O)OP(=O)([O-])O. The van der Waals surface area contributed by atoms with Gasteiger partial charge in [-0.05, 0) is 24.3 Å². The highest BCUT2D eigenvalue weighted by Crippen LogP contribution is 2.57. The van der Waals surface area contributed by atoms with E-state index < -0.39 is 129 Å². The van der Waals surface area contributed by atoms with E-state index in [1.54, 1.807) is 62.6 Å². The Morgan fingerprint density at radius 1 is 0.622 bits per heavy atom. The Bertz CT molecular complexity index is 3950. The summed E-state index contributed by atoms with van der Waals surface area (Å²) < 4.78 is 89.4. The highest BCUT2D eigenvalue weighted by molar-refractivity contribution is 7.60. The van der Waals surface area contributed by atoms with Gasteiger partial charge in [-0.15, -0.1) is 0 Å². The number of carbonyl (C=O) groups is 4. The average Bonchev–Trinajstić information content (AvgIpc) is 1.83. The maximum absolute atomic E-state index is 12.7. The number of phosphoric ester groups is 2. The Balaban J connectivity index is 0.000000256. The van der Waals surface area contributed by atoms with Crippen LogP contribution in [0.15, 0.2) is 70.8 Å². The van der Waals surface area contributed by atoms with Crippen LogP contribution in [0.1, 0.15) is 33.2 Å². The molecular weight excluding hydrogens is 1290 g/mol. The molecule has 2 aliphatic heterocycles. The number of aliphatic hydroxyl groups excluding tert-OH is 2. The van der Waals surface area contributed by atoms with Gasteiger partial charge in [0.1, 0.15) is 18.3 Å². The summed E-state index contributed by atoms with van der Waals surface area (Å²) in [4.78, 5) is 147. The zero-order valence-corrected chi connectivity index (χ0v) is 50.7. The summed E-state index contributed by atoms with van der Waals surface area (Å²) in [6.07, 6.45) is -12.3. The van der Waals surface area contributed by atoms with Crippen LogP contribution in [-0.4, -0.2) is 173 Å². The topological polar surface area (TPSA) is 611 Å². The Kier molecular flexibility index (Phi) is 22.4. The molecule has 46 heteroatoms. The number of aromatic nitrogens is 8. The van der Waals surface area contributed by atoms with Crippen molar-refractivity contribution in [2.45, 2.75) is 49.1 Å². The summed E-state index contributed by atoms with van der Waals surface area (Å²) in [7, 11) is -15.9. The largest absolute Gasteiger partial charge is 0.756 e. The van der Waals surface area contributed by atoms with Gasteiger partial charge in [0.2, 0.25) is 23.5 Å². The van der Waals surface area contributed by atoms with E-state index in [9.17, 15) is 76.8 Å². The number of nitrogens with two attached hydrogens (primary N) is 2. The molecular formula is C44H60N16O26P4. The number of phosphoric acid groups is 4. The molecule has 2 aliphatic rings. The van der Waals surface area contributed by atoms with Crippen molar-refractivity contribution in [3.8, 4) is 0 Å². The van der Waals surface area contributed by atoms with E-state index in [4.69, 9.17) is 40.2 Å². The summed E-state index contributed by atoms with van der Waals surface area (Å²) in [6.45, 7) is -2.26. The second-order valence-electron chi connectivity index (χ2n) is 19.0. The summed E-state index contributed by atoms with van der Waals surface area (Å²) in [5.74, 6) is -1.37. The van der Waals surface area contributed by atoms with E-state index >= 15 is 0 Å². The van der Waals surface area contributed by atoms with Crippen LogP contribution in [0.5, 0.6) is 0 Å². The highest BCUT2D eigenvalue weighted by atomic mass is 31.3. The number of aromatic amines is 2. The Morgan fingerprint density at radius 3 is 1.44 bits per heavy atom. The predicted molar refractivity (Wildman–Crippen MR) is 298 cm³/mol. The molecule has 6 aromatic rings. The number of hydrogen-bond acceptors (Lipinski definition) is 28. The lowest BCUT2D eigenvalue weighted by molar-refractivity contribution is -0.746. The fourth-order valence-corrected chi connectivity index (χ4v) is 12.1. The molecule has 42 nitrogen and oxygen atoms in total. The number of amides is 4. The number of anilines is 4. The van der Waals surface area contributed by atoms with E-state index in [-0.39, 0.29) is 60.4 Å². The average molecular weight is 1350 g/mol. The minimum Gasteiger partial charge on any atom is -0.756 e. The van der Waals surface area contributed by atoms with Crippen LogP contribution in [0.25, 0.3) is 22.3 Å². The number of nitrogens with zero attached hydrogens (tertiary/aromatic N) is 6. The quantitative estimate of drug-likeness (QED) is 0.0153. The molecule has 4 aromatic heterocycles. The Labute approximate surface area is 504 Å². The number of aryl methyl sites for hydroxylation is 2. The number of benzene rings is 2. The minimum absolute atomic E-state index is 0.0140. The van der Waals surface area contributed by atoms with Gasteiger partial charge in [0, 0.05) is 51.6 Å². The number of para-hydroxylation sites is 2. The number of alkyl carbamates (subject to hydrolysis) is 2. The Morgan fingerprint density at radius 2 is 1.01 bits per heavy atom. The highest BCUT2D eigenvalue weighted by Gasteiger charge is 2.53. The minimum atomic E-state index is -5.71. The molecule has 18 N–H and O–H groups in total. The normalized spacial score (nSPS) is 22.4. The molecule has 492 valence electrons. The maximum atomic E-state index is 12.7. The number of rotatable bonds is 24. The number of nitrogen functional groups attached to an aromatic ring is 2. The van der Waals surface area contributed by atoms with E-state index in [1.165, 1.54) is 45.0 Å². The van der Waals surface area contributed by atoms with E-state index in [1.807, 2.05) is 0 Å². The first kappa shape index (κ1) is 69.7. The van der Waals surface area contributed by atoms with Gasteiger partial charge in [0.05, 0.1) is 38.4 Å². The third-order valence-electron chi connectivity index (χ3n) is 12.7. The molecule has 4 unspecified atom stereocenters. The van der Waals surface area contributed by atoms with Gasteiger partial charge in [0.25, 0.3) is 50.5 Å². The zero-order valence-electron chi connectivity index (χ0n) is 47.1. The Hall–Kier alpha value is -7.82. The number of nitrogens with one attached hydrogen (secondary N) is 8. The first-order valence-corrected chi connectivity index (χ1v) is 31.8. The van der Waals surface area contributed by atoms with Crippen LogP contribution in [-0.2, 0) is 69.0 Å². The molecule has 2 fully saturated rings. The number of hydrogen-bond donors (Lipinski definition) is 16. The predicted octanol–water partition coefficient (Wildman–Crippen LogP) is -4.90. The summed E-state index contributed by atoms with van der Waals surface area (Å²) in [6, 6.07) is 13.5. The van der Waals surface area contributed by atoms with Crippen LogP contribution in [0, 0.1) is 0 Å². The third-order valence-corrected chi connectivity index (χ3v) is 16.9. The maximum Gasteiger partial charge on any atom is 0.478 e. The third kappa shape index (κ3) is 17.8. The van der Waals surface area contributed by atoms with Crippen molar-refractivity contribution in [2.75, 3.05) is 75.6 Å². The molecule has 0 saturated carbocycles.